The van der Waals surface area contributed by atoms with Crippen LogP contribution in [0.5, 0.6) is 17.2 Å². The minimum absolute atomic E-state index is 0.323. The SMILES string of the molecule is COC(=O)c1ccc(-c2cnc3c(NCCC(F)(F)F)cc(Oc4cccc(OC)c4)cn23)cc1C. The Morgan fingerprint density at radius 3 is 2.53 bits per heavy atom. The van der Waals surface area contributed by atoms with E-state index >= 15 is 0 Å². The quantitative estimate of drug-likeness (QED) is 0.289. The number of benzene rings is 2. The van der Waals surface area contributed by atoms with Crippen LogP contribution in [-0.2, 0) is 4.74 Å². The summed E-state index contributed by atoms with van der Waals surface area (Å²) in [6.45, 7) is 1.47. The number of carbonyl (C=O) groups excluding carboxylic acids is 1. The van der Waals surface area contributed by atoms with Crippen LogP contribution < -0.4 is 14.8 Å². The summed E-state index contributed by atoms with van der Waals surface area (Å²) in [5, 5.41) is 2.83. The highest BCUT2D eigenvalue weighted by Crippen LogP contribution is 2.33. The second-order valence-electron chi connectivity index (χ2n) is 8.02. The number of nitrogens with one attached hydrogen (secondary N) is 1. The van der Waals surface area contributed by atoms with Crippen LogP contribution in [0.1, 0.15) is 22.3 Å². The van der Waals surface area contributed by atoms with Crippen LogP contribution in [0.15, 0.2) is 60.9 Å². The highest BCUT2D eigenvalue weighted by atomic mass is 19.4. The Kier molecular flexibility index (Phi) is 7.05. The molecule has 0 atom stereocenters. The fourth-order valence-electron chi connectivity index (χ4n) is 3.76. The van der Waals surface area contributed by atoms with Gasteiger partial charge >= 0.3 is 12.1 Å². The second-order valence-corrected chi connectivity index (χ2v) is 8.02. The first kappa shape index (κ1) is 24.9. The van der Waals surface area contributed by atoms with E-state index in [9.17, 15) is 18.0 Å². The predicted molar refractivity (Wildman–Crippen MR) is 129 cm³/mol. The molecule has 0 unspecified atom stereocenters. The van der Waals surface area contributed by atoms with E-state index in [1.165, 1.54) is 7.11 Å². The molecular weight excluding hydrogens is 475 g/mol. The number of aromatic nitrogens is 2. The molecule has 0 aliphatic rings. The molecule has 7 nitrogen and oxygen atoms in total. The van der Waals surface area contributed by atoms with E-state index in [2.05, 4.69) is 10.3 Å². The molecule has 0 aliphatic heterocycles. The van der Waals surface area contributed by atoms with Crippen molar-refractivity contribution in [2.75, 3.05) is 26.1 Å². The minimum atomic E-state index is -4.29. The van der Waals surface area contributed by atoms with Crippen molar-refractivity contribution >= 4 is 17.3 Å². The zero-order chi connectivity index (χ0) is 25.9. The fraction of sp³-hybridized carbons (Fsp3) is 0.231. The minimum Gasteiger partial charge on any atom is -0.497 e. The van der Waals surface area contributed by atoms with Crippen LogP contribution in [0.2, 0.25) is 0 Å². The number of hydrogen-bond donors (Lipinski definition) is 1. The van der Waals surface area contributed by atoms with E-state index in [1.807, 2.05) is 6.07 Å². The highest BCUT2D eigenvalue weighted by molar-refractivity contribution is 5.91. The predicted octanol–water partition coefficient (Wildman–Crippen LogP) is 6.26. The molecular formula is C26H24F3N3O4. The van der Waals surface area contributed by atoms with Crippen molar-refractivity contribution in [1.29, 1.82) is 0 Å². The molecule has 0 aliphatic carbocycles. The molecule has 4 aromatic rings. The molecule has 0 saturated carbocycles. The van der Waals surface area contributed by atoms with Crippen LogP contribution >= 0.6 is 0 Å². The average molecular weight is 499 g/mol. The summed E-state index contributed by atoms with van der Waals surface area (Å²) < 4.78 is 56.1. The maximum atomic E-state index is 12.8. The number of carbonyl (C=O) groups is 1. The Morgan fingerprint density at radius 1 is 1.06 bits per heavy atom. The first-order chi connectivity index (χ1) is 17.2. The topological polar surface area (TPSA) is 74.1 Å². The average Bonchev–Trinajstić information content (AvgIpc) is 3.27. The third kappa shape index (κ3) is 5.54. The van der Waals surface area contributed by atoms with E-state index < -0.39 is 18.6 Å². The van der Waals surface area contributed by atoms with Crippen LogP contribution in [-0.4, -0.2) is 42.3 Å². The van der Waals surface area contributed by atoms with Gasteiger partial charge in [-0.1, -0.05) is 12.1 Å². The Hall–Kier alpha value is -4.21. The van der Waals surface area contributed by atoms with E-state index in [-0.39, 0.29) is 6.54 Å². The summed E-state index contributed by atoms with van der Waals surface area (Å²) in [6, 6.07) is 13.8. The van der Waals surface area contributed by atoms with Gasteiger partial charge in [-0.25, -0.2) is 9.78 Å². The third-order valence-electron chi connectivity index (χ3n) is 5.51. The van der Waals surface area contributed by atoms with Crippen LogP contribution in [0.3, 0.4) is 0 Å². The summed E-state index contributed by atoms with van der Waals surface area (Å²) in [7, 11) is 2.86. The highest BCUT2D eigenvalue weighted by Gasteiger charge is 2.26. The van der Waals surface area contributed by atoms with Crippen LogP contribution in [0, 0.1) is 6.92 Å². The largest absolute Gasteiger partial charge is 0.497 e. The van der Waals surface area contributed by atoms with Gasteiger partial charge in [-0.05, 0) is 36.8 Å². The van der Waals surface area contributed by atoms with Gasteiger partial charge in [0.1, 0.15) is 17.2 Å². The molecule has 2 heterocycles. The lowest BCUT2D eigenvalue weighted by molar-refractivity contribution is -0.131. The third-order valence-corrected chi connectivity index (χ3v) is 5.51. The molecule has 0 saturated heterocycles. The molecule has 0 radical (unpaired) electrons. The number of aryl methyl sites for hydroxylation is 1. The van der Waals surface area contributed by atoms with Gasteiger partial charge in [-0.3, -0.25) is 4.40 Å². The Labute approximate surface area is 205 Å². The lowest BCUT2D eigenvalue weighted by Crippen LogP contribution is -2.15. The Balaban J connectivity index is 1.77. The standard InChI is InChI=1S/C26H24F3N3O4/c1-16-11-17(7-8-21(16)25(33)35-3)23-14-31-24-22(30-10-9-26(27,28)29)13-20(15-32(23)24)36-19-6-4-5-18(12-19)34-2/h4-8,11-15,30H,9-10H2,1-3H3. The summed E-state index contributed by atoms with van der Waals surface area (Å²) in [6.07, 6.45) is -1.97. The number of ether oxygens (including phenoxy) is 3. The number of methoxy groups -OCH3 is 2. The number of alkyl halides is 3. The molecule has 0 spiro atoms. The zero-order valence-electron chi connectivity index (χ0n) is 19.8. The van der Waals surface area contributed by atoms with Crippen molar-refractivity contribution in [3.8, 4) is 28.5 Å². The van der Waals surface area contributed by atoms with Crippen molar-refractivity contribution in [1.82, 2.24) is 9.38 Å². The number of nitrogens with zero attached hydrogens (tertiary/aromatic N) is 2. The zero-order valence-corrected chi connectivity index (χ0v) is 19.8. The van der Waals surface area contributed by atoms with Crippen LogP contribution in [0.4, 0.5) is 18.9 Å². The van der Waals surface area contributed by atoms with Gasteiger partial charge in [0.2, 0.25) is 0 Å². The normalized spacial score (nSPS) is 11.4. The number of halogens is 3. The lowest BCUT2D eigenvalue weighted by atomic mass is 10.0. The Bertz CT molecular complexity index is 1400. The van der Waals surface area contributed by atoms with Crippen molar-refractivity contribution < 1.29 is 32.2 Å². The first-order valence-electron chi connectivity index (χ1n) is 11.0. The van der Waals surface area contributed by atoms with Gasteiger partial charge in [-0.2, -0.15) is 13.2 Å². The maximum absolute atomic E-state index is 12.8. The van der Waals surface area contributed by atoms with Crippen LogP contribution in [0.25, 0.3) is 16.9 Å². The van der Waals surface area contributed by atoms with Crippen molar-refractivity contribution in [3.63, 3.8) is 0 Å². The number of anilines is 1. The van der Waals surface area contributed by atoms with E-state index in [1.54, 1.807) is 73.3 Å². The fourth-order valence-corrected chi connectivity index (χ4v) is 3.76. The van der Waals surface area contributed by atoms with Crippen molar-refractivity contribution in [2.24, 2.45) is 0 Å². The first-order valence-corrected chi connectivity index (χ1v) is 11.0. The lowest BCUT2D eigenvalue weighted by Gasteiger charge is -2.14. The number of hydrogen-bond acceptors (Lipinski definition) is 6. The van der Waals surface area contributed by atoms with E-state index in [0.717, 1.165) is 5.56 Å². The molecule has 0 amide bonds. The molecule has 2 aromatic heterocycles. The monoisotopic (exact) mass is 499 g/mol. The summed E-state index contributed by atoms with van der Waals surface area (Å²) >= 11 is 0. The maximum Gasteiger partial charge on any atom is 0.390 e. The summed E-state index contributed by atoms with van der Waals surface area (Å²) in [4.78, 5) is 16.4. The number of esters is 1. The summed E-state index contributed by atoms with van der Waals surface area (Å²) in [5.41, 5.74) is 3.38. The number of rotatable bonds is 8. The molecule has 2 aromatic carbocycles. The number of fused-ring (bicyclic) bond motifs is 1. The van der Waals surface area contributed by atoms with Gasteiger partial charge in [-0.15, -0.1) is 0 Å². The van der Waals surface area contributed by atoms with E-state index in [4.69, 9.17) is 14.2 Å². The van der Waals surface area contributed by atoms with Gasteiger partial charge < -0.3 is 19.5 Å². The van der Waals surface area contributed by atoms with Gasteiger partial charge in [0.05, 0.1) is 50.0 Å². The Morgan fingerprint density at radius 2 is 1.83 bits per heavy atom. The smallest absolute Gasteiger partial charge is 0.390 e. The molecule has 188 valence electrons. The molecule has 0 fully saturated rings. The van der Waals surface area contributed by atoms with Gasteiger partial charge in [0.25, 0.3) is 0 Å². The van der Waals surface area contributed by atoms with E-state index in [0.29, 0.717) is 45.4 Å². The second kappa shape index (κ2) is 10.2. The molecule has 4 rings (SSSR count). The molecule has 1 N–H and O–H groups in total. The van der Waals surface area contributed by atoms with Gasteiger partial charge in [0.15, 0.2) is 5.65 Å². The number of pyridine rings is 1. The molecule has 0 bridgehead atoms. The molecule has 36 heavy (non-hydrogen) atoms. The summed E-state index contributed by atoms with van der Waals surface area (Å²) in [5.74, 6) is 1.03. The van der Waals surface area contributed by atoms with Crippen molar-refractivity contribution in [3.05, 3.63) is 72.1 Å². The molecule has 10 heteroatoms. The van der Waals surface area contributed by atoms with Gasteiger partial charge in [0, 0.05) is 24.2 Å². The van der Waals surface area contributed by atoms with Crippen molar-refractivity contribution in [2.45, 2.75) is 19.5 Å². The number of imidazole rings is 1.